The van der Waals surface area contributed by atoms with Crippen LogP contribution in [0.4, 0.5) is 11.4 Å². The molecule has 1 aliphatic heterocycles. The third kappa shape index (κ3) is 3.74. The largest absolute Gasteiger partial charge is 0.475 e. The van der Waals surface area contributed by atoms with E-state index < -0.39 is 12.1 Å². The summed E-state index contributed by atoms with van der Waals surface area (Å²) in [6.45, 7) is 2.40. The Bertz CT molecular complexity index is 794. The van der Waals surface area contributed by atoms with Gasteiger partial charge in [-0.25, -0.2) is 4.79 Å². The minimum Gasteiger partial charge on any atom is -0.475 e. The van der Waals surface area contributed by atoms with Crippen LogP contribution in [0.5, 0.6) is 5.75 Å². The first-order chi connectivity index (χ1) is 12.1. The number of carbonyl (C=O) groups excluding carboxylic acids is 1. The fourth-order valence-electron chi connectivity index (χ4n) is 2.74. The van der Waals surface area contributed by atoms with Crippen molar-refractivity contribution in [2.75, 3.05) is 23.9 Å². The number of benzene rings is 2. The number of hydrogen-bond acceptors (Lipinski definition) is 4. The second-order valence-electron chi connectivity index (χ2n) is 5.69. The van der Waals surface area contributed by atoms with Gasteiger partial charge in [0.1, 0.15) is 5.75 Å². The van der Waals surface area contributed by atoms with Crippen LogP contribution in [0.2, 0.25) is 0 Å². The number of methoxy groups -OCH3 is 1. The van der Waals surface area contributed by atoms with E-state index in [1.54, 1.807) is 0 Å². The third-order valence-corrected chi connectivity index (χ3v) is 4.39. The molecule has 2 aromatic rings. The van der Waals surface area contributed by atoms with Gasteiger partial charge in [0.2, 0.25) is 6.10 Å². The maximum atomic E-state index is 11.9. The molecule has 25 heavy (non-hydrogen) atoms. The summed E-state index contributed by atoms with van der Waals surface area (Å²) in [5.41, 5.74) is 2.97. The molecule has 0 spiro atoms. The SMILES string of the molecule is CCc1cccc(NC(=S)N2C[C@H](C(=O)OC)Oc3ccccc32)c1. The molecule has 0 aliphatic carbocycles. The van der Waals surface area contributed by atoms with Crippen LogP contribution in [-0.4, -0.2) is 30.8 Å². The zero-order valence-corrected chi connectivity index (χ0v) is 15.0. The van der Waals surface area contributed by atoms with E-state index in [9.17, 15) is 4.79 Å². The van der Waals surface area contributed by atoms with Crippen LogP contribution in [0.3, 0.4) is 0 Å². The van der Waals surface area contributed by atoms with Crippen molar-refractivity contribution in [1.82, 2.24) is 0 Å². The lowest BCUT2D eigenvalue weighted by Crippen LogP contribution is -2.48. The Kier molecular flexibility index (Phi) is 5.19. The molecular weight excluding hydrogens is 336 g/mol. The van der Waals surface area contributed by atoms with Gasteiger partial charge in [0, 0.05) is 5.69 Å². The molecule has 0 radical (unpaired) electrons. The van der Waals surface area contributed by atoms with Crippen molar-refractivity contribution < 1.29 is 14.3 Å². The Hall–Kier alpha value is -2.60. The lowest BCUT2D eigenvalue weighted by Gasteiger charge is -2.35. The molecule has 0 saturated carbocycles. The quantitative estimate of drug-likeness (QED) is 0.672. The molecule has 3 rings (SSSR count). The minimum absolute atomic E-state index is 0.295. The van der Waals surface area contributed by atoms with Crippen LogP contribution in [0.15, 0.2) is 48.5 Å². The van der Waals surface area contributed by atoms with Crippen molar-refractivity contribution in [3.8, 4) is 5.75 Å². The van der Waals surface area contributed by atoms with E-state index in [0.717, 1.165) is 17.8 Å². The molecule has 1 aliphatic rings. The topological polar surface area (TPSA) is 50.8 Å². The number of ether oxygens (including phenoxy) is 2. The number of para-hydroxylation sites is 2. The molecule has 130 valence electrons. The number of thiocarbonyl (C=S) groups is 1. The van der Waals surface area contributed by atoms with Crippen LogP contribution in [0, 0.1) is 0 Å². The highest BCUT2D eigenvalue weighted by Gasteiger charge is 2.33. The minimum atomic E-state index is -0.721. The summed E-state index contributed by atoms with van der Waals surface area (Å²) in [6.07, 6.45) is 0.231. The Morgan fingerprint density at radius 1 is 1.32 bits per heavy atom. The van der Waals surface area contributed by atoms with Gasteiger partial charge in [-0.05, 0) is 48.5 Å². The fraction of sp³-hybridized carbons (Fsp3) is 0.263. The molecule has 2 aromatic carbocycles. The maximum Gasteiger partial charge on any atom is 0.348 e. The van der Waals surface area contributed by atoms with Gasteiger partial charge in [0.05, 0.1) is 19.3 Å². The standard InChI is InChI=1S/C19H20N2O3S/c1-3-13-7-6-8-14(11-13)20-19(25)21-12-17(18(22)23-2)24-16-10-5-4-9-15(16)21/h4-11,17H,3,12H2,1-2H3,(H,20,25)/t17-/m1/s1. The molecule has 0 fully saturated rings. The van der Waals surface area contributed by atoms with Gasteiger partial charge in [-0.1, -0.05) is 31.2 Å². The number of esters is 1. The van der Waals surface area contributed by atoms with Gasteiger partial charge in [-0.2, -0.15) is 0 Å². The molecule has 5 nitrogen and oxygen atoms in total. The normalized spacial score (nSPS) is 15.8. The van der Waals surface area contributed by atoms with Gasteiger partial charge in [-0.3, -0.25) is 0 Å². The second-order valence-corrected chi connectivity index (χ2v) is 6.08. The molecule has 0 bridgehead atoms. The highest BCUT2D eigenvalue weighted by molar-refractivity contribution is 7.80. The first-order valence-corrected chi connectivity index (χ1v) is 8.54. The highest BCUT2D eigenvalue weighted by atomic mass is 32.1. The monoisotopic (exact) mass is 356 g/mol. The molecule has 1 N–H and O–H groups in total. The summed E-state index contributed by atoms with van der Waals surface area (Å²) in [5.74, 6) is 0.186. The van der Waals surface area contributed by atoms with E-state index in [4.69, 9.17) is 21.7 Å². The molecule has 0 unspecified atom stereocenters. The molecular formula is C19H20N2O3S. The van der Waals surface area contributed by atoms with Crippen molar-refractivity contribution >= 4 is 34.7 Å². The van der Waals surface area contributed by atoms with E-state index in [1.807, 2.05) is 41.3 Å². The van der Waals surface area contributed by atoms with E-state index >= 15 is 0 Å². The lowest BCUT2D eigenvalue weighted by atomic mass is 10.1. The van der Waals surface area contributed by atoms with Crippen LogP contribution in [-0.2, 0) is 16.0 Å². The van der Waals surface area contributed by atoms with Gasteiger partial charge >= 0.3 is 5.97 Å². The molecule has 6 heteroatoms. The van der Waals surface area contributed by atoms with E-state index in [0.29, 0.717) is 17.4 Å². The highest BCUT2D eigenvalue weighted by Crippen LogP contribution is 2.33. The summed E-state index contributed by atoms with van der Waals surface area (Å²) in [6, 6.07) is 15.6. The average molecular weight is 356 g/mol. The number of rotatable bonds is 3. The molecule has 1 heterocycles. The van der Waals surface area contributed by atoms with Crippen LogP contribution >= 0.6 is 12.2 Å². The zero-order chi connectivity index (χ0) is 17.8. The second kappa shape index (κ2) is 7.53. The summed E-state index contributed by atoms with van der Waals surface area (Å²) in [5, 5.41) is 3.77. The third-order valence-electron chi connectivity index (χ3n) is 4.07. The summed E-state index contributed by atoms with van der Waals surface area (Å²) >= 11 is 5.59. The predicted octanol–water partition coefficient (Wildman–Crippen LogP) is 3.39. The Labute approximate surface area is 152 Å². The van der Waals surface area contributed by atoms with Crippen LogP contribution in [0.1, 0.15) is 12.5 Å². The van der Waals surface area contributed by atoms with Gasteiger partial charge in [0.25, 0.3) is 0 Å². The van der Waals surface area contributed by atoms with E-state index in [-0.39, 0.29) is 0 Å². The van der Waals surface area contributed by atoms with Crippen LogP contribution < -0.4 is 15.0 Å². The maximum absolute atomic E-state index is 11.9. The number of hydrogen-bond donors (Lipinski definition) is 1. The number of anilines is 2. The van der Waals surface area contributed by atoms with Crippen LogP contribution in [0.25, 0.3) is 0 Å². The number of fused-ring (bicyclic) bond motifs is 1. The Morgan fingerprint density at radius 2 is 2.12 bits per heavy atom. The molecule has 0 aromatic heterocycles. The Balaban J connectivity index is 1.86. The van der Waals surface area contributed by atoms with E-state index in [2.05, 4.69) is 24.4 Å². The summed E-state index contributed by atoms with van der Waals surface area (Å²) in [7, 11) is 1.35. The van der Waals surface area contributed by atoms with Crippen molar-refractivity contribution in [1.29, 1.82) is 0 Å². The predicted molar refractivity (Wildman–Crippen MR) is 102 cm³/mol. The molecule has 0 amide bonds. The smallest absolute Gasteiger partial charge is 0.348 e. The zero-order valence-electron chi connectivity index (χ0n) is 14.2. The summed E-state index contributed by atoms with van der Waals surface area (Å²) < 4.78 is 10.6. The Morgan fingerprint density at radius 3 is 2.88 bits per heavy atom. The van der Waals surface area contributed by atoms with Crippen molar-refractivity contribution in [2.24, 2.45) is 0 Å². The first-order valence-electron chi connectivity index (χ1n) is 8.13. The van der Waals surface area contributed by atoms with Gasteiger partial charge in [-0.15, -0.1) is 0 Å². The number of carbonyl (C=O) groups is 1. The molecule has 0 saturated heterocycles. The van der Waals surface area contributed by atoms with Crippen molar-refractivity contribution in [2.45, 2.75) is 19.4 Å². The van der Waals surface area contributed by atoms with Crippen molar-refractivity contribution in [3.63, 3.8) is 0 Å². The van der Waals surface area contributed by atoms with E-state index in [1.165, 1.54) is 12.7 Å². The first kappa shape index (κ1) is 17.2. The van der Waals surface area contributed by atoms with Gasteiger partial charge < -0.3 is 19.7 Å². The van der Waals surface area contributed by atoms with Crippen molar-refractivity contribution in [3.05, 3.63) is 54.1 Å². The number of nitrogens with zero attached hydrogens (tertiary/aromatic N) is 1. The number of aryl methyl sites for hydroxylation is 1. The summed E-state index contributed by atoms with van der Waals surface area (Å²) in [4.78, 5) is 13.8. The average Bonchev–Trinajstić information content (AvgIpc) is 2.66. The fourth-order valence-corrected chi connectivity index (χ4v) is 3.03. The van der Waals surface area contributed by atoms with Gasteiger partial charge in [0.15, 0.2) is 5.11 Å². The number of nitrogens with one attached hydrogen (secondary N) is 1. The molecule has 1 atom stereocenters. The lowest BCUT2D eigenvalue weighted by molar-refractivity contribution is -0.148.